The van der Waals surface area contributed by atoms with E-state index in [0.717, 1.165) is 5.69 Å². The van der Waals surface area contributed by atoms with Crippen molar-refractivity contribution in [3.8, 4) is 17.5 Å². The summed E-state index contributed by atoms with van der Waals surface area (Å²) in [7, 11) is 1.62. The van der Waals surface area contributed by atoms with Crippen LogP contribution in [0.5, 0.6) is 0 Å². The molecule has 3 aromatic heterocycles. The molecule has 0 fully saturated rings. The molecule has 0 bridgehead atoms. The first-order chi connectivity index (χ1) is 20.2. The van der Waals surface area contributed by atoms with E-state index in [0.29, 0.717) is 40.1 Å². The summed E-state index contributed by atoms with van der Waals surface area (Å²) in [6.07, 6.45) is 5.10. The van der Waals surface area contributed by atoms with Crippen molar-refractivity contribution < 1.29 is 4.79 Å². The Balaban J connectivity index is 0.000000244. The number of nitrogens with zero attached hydrogens (tertiary/aromatic N) is 5. The van der Waals surface area contributed by atoms with E-state index in [1.165, 1.54) is 23.0 Å². The van der Waals surface area contributed by atoms with Gasteiger partial charge in [-0.25, -0.2) is 14.7 Å². The van der Waals surface area contributed by atoms with Gasteiger partial charge in [0.25, 0.3) is 11.5 Å². The van der Waals surface area contributed by atoms with Crippen LogP contribution in [0.1, 0.15) is 34.2 Å². The summed E-state index contributed by atoms with van der Waals surface area (Å²) in [4.78, 5) is 46.8. The average molecular weight is 561 g/mol. The highest BCUT2D eigenvalue weighted by molar-refractivity contribution is 6.02. The number of nitrogens with two attached hydrogens (primary N) is 2. The number of aromatic amines is 1. The van der Waals surface area contributed by atoms with Gasteiger partial charge < -0.3 is 16.5 Å². The average Bonchev–Trinajstić information content (AvgIpc) is 3.28. The number of primary amides is 1. The van der Waals surface area contributed by atoms with Gasteiger partial charge in [0, 0.05) is 43.1 Å². The van der Waals surface area contributed by atoms with E-state index < -0.39 is 5.91 Å². The number of pyridine rings is 1. The molecule has 0 aliphatic rings. The van der Waals surface area contributed by atoms with Crippen LogP contribution in [-0.2, 0) is 13.5 Å². The molecule has 5 aromatic rings. The van der Waals surface area contributed by atoms with Gasteiger partial charge in [-0.1, -0.05) is 55.7 Å². The number of nitrogen functional groups attached to an aromatic ring is 1. The molecule has 0 saturated carbocycles. The number of aryl methyl sites for hydroxylation is 2. The number of fused-ring (bicyclic) bond motifs is 1. The summed E-state index contributed by atoms with van der Waals surface area (Å²) in [5, 5.41) is 4.32. The zero-order chi connectivity index (χ0) is 30.2. The molecule has 0 aliphatic heterocycles. The molecule has 2 aromatic carbocycles. The quantitative estimate of drug-likeness (QED) is 0.221. The number of carbonyl (C=O) groups excluding carboxylic acids is 1. The standard InChI is InChI=1S/C23H17N3O2.C8H11N5O/c1-2-20-25-19-10-6-7-17(13-11-16-12-14-21(27)24-15-16)22(19)23(28)26(20)18-8-4-3-5-9-18;1-3-4-11-8-5(7(10)14)6(9)12-13(8)2/h3-10,12,14-15H,2H2,1H3,(H,24,27);3-4H,1H2,2H3,(H2,9,12)(H2,10,14)/b;11-4-. The molecule has 0 spiro atoms. The lowest BCUT2D eigenvalue weighted by atomic mass is 10.1. The van der Waals surface area contributed by atoms with Crippen LogP contribution in [0.15, 0.2) is 94.1 Å². The fourth-order valence-corrected chi connectivity index (χ4v) is 4.13. The molecule has 42 heavy (non-hydrogen) atoms. The summed E-state index contributed by atoms with van der Waals surface area (Å²) in [5.41, 5.74) is 13.1. The van der Waals surface area contributed by atoms with Gasteiger partial charge in [-0.2, -0.15) is 5.10 Å². The zero-order valence-electron chi connectivity index (χ0n) is 23.0. The lowest BCUT2D eigenvalue weighted by Crippen LogP contribution is -2.24. The van der Waals surface area contributed by atoms with Crippen LogP contribution in [0, 0.1) is 11.8 Å². The third kappa shape index (κ3) is 6.24. The second-order valence-electron chi connectivity index (χ2n) is 8.83. The minimum atomic E-state index is -0.646. The number of para-hydroxylation sites is 1. The van der Waals surface area contributed by atoms with Crippen molar-refractivity contribution in [3.05, 3.63) is 123 Å². The number of amides is 1. The minimum absolute atomic E-state index is 0.0798. The maximum absolute atomic E-state index is 13.4. The Morgan fingerprint density at radius 2 is 1.86 bits per heavy atom. The maximum Gasteiger partial charge on any atom is 0.267 e. The van der Waals surface area contributed by atoms with Crippen molar-refractivity contribution in [2.45, 2.75) is 13.3 Å². The largest absolute Gasteiger partial charge is 0.381 e. The van der Waals surface area contributed by atoms with Gasteiger partial charge >= 0.3 is 0 Å². The molecule has 5 N–H and O–H groups in total. The number of rotatable bonds is 5. The van der Waals surface area contributed by atoms with E-state index in [9.17, 15) is 14.4 Å². The predicted octanol–water partition coefficient (Wildman–Crippen LogP) is 3.03. The Labute approximate surface area is 240 Å². The van der Waals surface area contributed by atoms with E-state index in [4.69, 9.17) is 16.5 Å². The topological polar surface area (TPSA) is 167 Å². The third-order valence-corrected chi connectivity index (χ3v) is 6.02. The number of allylic oxidation sites excluding steroid dienone is 1. The predicted molar refractivity (Wildman–Crippen MR) is 164 cm³/mol. The molecule has 0 aliphatic carbocycles. The van der Waals surface area contributed by atoms with Crippen LogP contribution in [0.3, 0.4) is 0 Å². The molecule has 11 heteroatoms. The first-order valence-electron chi connectivity index (χ1n) is 12.8. The Kier molecular flexibility index (Phi) is 8.89. The van der Waals surface area contributed by atoms with Gasteiger partial charge in [-0.3, -0.25) is 19.0 Å². The Bertz CT molecular complexity index is 1970. The first kappa shape index (κ1) is 29.0. The fraction of sp³-hybridized carbons (Fsp3) is 0.0968. The highest BCUT2D eigenvalue weighted by Crippen LogP contribution is 2.23. The zero-order valence-corrected chi connectivity index (χ0v) is 23.0. The number of aliphatic imine (C=N–C) groups is 1. The summed E-state index contributed by atoms with van der Waals surface area (Å²) in [5.74, 6) is 6.52. The highest BCUT2D eigenvalue weighted by Gasteiger charge is 2.17. The van der Waals surface area contributed by atoms with E-state index in [1.807, 2.05) is 55.5 Å². The molecule has 0 saturated heterocycles. The summed E-state index contributed by atoms with van der Waals surface area (Å²) in [6.45, 7) is 5.44. The molecule has 5 rings (SSSR count). The first-order valence-corrected chi connectivity index (χ1v) is 12.8. The number of benzene rings is 2. The normalized spacial score (nSPS) is 10.5. The molecule has 1 amide bonds. The summed E-state index contributed by atoms with van der Waals surface area (Å²) in [6, 6.07) is 18.0. The SMILES string of the molecule is C=C/C=N\c1c(C(N)=O)c(N)nn1C.CCc1nc2cccc(C#Cc3ccc(=O)[nH]c3)c2c(=O)n1-c1ccccc1. The van der Waals surface area contributed by atoms with Crippen LogP contribution >= 0.6 is 0 Å². The monoisotopic (exact) mass is 560 g/mol. The highest BCUT2D eigenvalue weighted by atomic mass is 16.1. The second-order valence-corrected chi connectivity index (χ2v) is 8.83. The molecule has 3 heterocycles. The molecule has 0 radical (unpaired) electrons. The summed E-state index contributed by atoms with van der Waals surface area (Å²) >= 11 is 0. The number of nitrogens with one attached hydrogen (secondary N) is 1. The van der Waals surface area contributed by atoms with Crippen molar-refractivity contribution in [2.24, 2.45) is 17.8 Å². The number of carbonyl (C=O) groups is 1. The van der Waals surface area contributed by atoms with Crippen LogP contribution in [0.25, 0.3) is 16.6 Å². The van der Waals surface area contributed by atoms with Crippen molar-refractivity contribution in [1.29, 1.82) is 0 Å². The van der Waals surface area contributed by atoms with Crippen LogP contribution in [0.4, 0.5) is 11.6 Å². The van der Waals surface area contributed by atoms with Crippen molar-refractivity contribution in [3.63, 3.8) is 0 Å². The molecule has 210 valence electrons. The van der Waals surface area contributed by atoms with E-state index in [1.54, 1.807) is 23.9 Å². The number of hydrogen-bond donors (Lipinski definition) is 3. The van der Waals surface area contributed by atoms with Crippen LogP contribution in [0.2, 0.25) is 0 Å². The van der Waals surface area contributed by atoms with Gasteiger partial charge in [-0.15, -0.1) is 0 Å². The van der Waals surface area contributed by atoms with Gasteiger partial charge in [0.2, 0.25) is 5.56 Å². The Hall–Kier alpha value is -6.02. The number of aromatic nitrogens is 5. The van der Waals surface area contributed by atoms with E-state index in [2.05, 4.69) is 33.5 Å². The van der Waals surface area contributed by atoms with Gasteiger partial charge in [-0.05, 0) is 30.3 Å². The van der Waals surface area contributed by atoms with Crippen LogP contribution < -0.4 is 22.6 Å². The second kappa shape index (κ2) is 12.9. The van der Waals surface area contributed by atoms with Gasteiger partial charge in [0.05, 0.1) is 16.6 Å². The van der Waals surface area contributed by atoms with Crippen molar-refractivity contribution in [1.82, 2.24) is 24.3 Å². The third-order valence-electron chi connectivity index (χ3n) is 6.02. The number of anilines is 1. The van der Waals surface area contributed by atoms with Crippen molar-refractivity contribution >= 4 is 34.7 Å². The summed E-state index contributed by atoms with van der Waals surface area (Å²) < 4.78 is 3.03. The lowest BCUT2D eigenvalue weighted by Gasteiger charge is -2.13. The minimum Gasteiger partial charge on any atom is -0.381 e. The van der Waals surface area contributed by atoms with Gasteiger partial charge in [0.1, 0.15) is 11.4 Å². The number of H-pyrrole nitrogens is 1. The lowest BCUT2D eigenvalue weighted by molar-refractivity contribution is 0.100. The Morgan fingerprint density at radius 3 is 2.50 bits per heavy atom. The number of hydrogen-bond acceptors (Lipinski definition) is 7. The molecule has 11 nitrogen and oxygen atoms in total. The van der Waals surface area contributed by atoms with Crippen LogP contribution in [-0.4, -0.2) is 36.4 Å². The molecular formula is C31H28N8O3. The Morgan fingerprint density at radius 1 is 1.10 bits per heavy atom. The molecule has 0 atom stereocenters. The maximum atomic E-state index is 13.4. The fourth-order valence-electron chi connectivity index (χ4n) is 4.13. The van der Waals surface area contributed by atoms with Crippen molar-refractivity contribution in [2.75, 3.05) is 5.73 Å². The molecule has 0 unspecified atom stereocenters. The van der Waals surface area contributed by atoms with E-state index >= 15 is 0 Å². The smallest absolute Gasteiger partial charge is 0.267 e. The van der Waals surface area contributed by atoms with Gasteiger partial charge in [0.15, 0.2) is 11.6 Å². The van der Waals surface area contributed by atoms with E-state index in [-0.39, 0.29) is 22.5 Å². The molecular weight excluding hydrogens is 532 g/mol.